The molecular weight excluding hydrogens is 216 g/mol. The molecule has 0 saturated carbocycles. The van der Waals surface area contributed by atoms with Crippen LogP contribution in [-0.2, 0) is 0 Å². The second-order valence-electron chi connectivity index (χ2n) is 4.48. The second-order valence-corrected chi connectivity index (χ2v) is 4.48. The summed E-state index contributed by atoms with van der Waals surface area (Å²) < 4.78 is 0. The molecule has 18 heavy (non-hydrogen) atoms. The van der Waals surface area contributed by atoms with Gasteiger partial charge in [-0.3, -0.25) is 0 Å². The maximum absolute atomic E-state index is 2.20. The Hall–Kier alpha value is -1.82. The van der Waals surface area contributed by atoms with Crippen molar-refractivity contribution in [2.45, 2.75) is 26.7 Å². The maximum Gasteiger partial charge on any atom is -0.0219 e. The van der Waals surface area contributed by atoms with Crippen LogP contribution in [0.15, 0.2) is 66.7 Å². The molecule has 2 aromatic carbocycles. The van der Waals surface area contributed by atoms with Crippen molar-refractivity contribution in [1.82, 2.24) is 0 Å². The van der Waals surface area contributed by atoms with E-state index in [4.69, 9.17) is 0 Å². The molecular formula is C18H22. The van der Waals surface area contributed by atoms with Crippen LogP contribution in [0, 0.1) is 0 Å². The molecule has 0 aliphatic heterocycles. The van der Waals surface area contributed by atoms with Crippen LogP contribution in [0.3, 0.4) is 0 Å². The zero-order valence-electron chi connectivity index (χ0n) is 11.5. The van der Waals surface area contributed by atoms with Crippen LogP contribution in [0.1, 0.15) is 37.8 Å². The third-order valence-electron chi connectivity index (χ3n) is 2.62. The van der Waals surface area contributed by atoms with Gasteiger partial charge in [-0.25, -0.2) is 0 Å². The molecule has 2 rings (SSSR count). The highest BCUT2D eigenvalue weighted by molar-refractivity contribution is 5.47. The first-order valence-electron chi connectivity index (χ1n) is 6.46. The van der Waals surface area contributed by atoms with Crippen LogP contribution in [0.25, 0.3) is 6.08 Å². The molecule has 0 fully saturated rings. The summed E-state index contributed by atoms with van der Waals surface area (Å²) in [5.41, 5.74) is 2.68. The lowest BCUT2D eigenvalue weighted by Gasteiger charge is -2.01. The third-order valence-corrected chi connectivity index (χ3v) is 2.62. The molecule has 0 heteroatoms. The van der Waals surface area contributed by atoms with Gasteiger partial charge in [-0.05, 0) is 24.0 Å². The number of hydrogen-bond donors (Lipinski definition) is 0. The van der Waals surface area contributed by atoms with E-state index in [9.17, 15) is 0 Å². The Kier molecular flexibility index (Phi) is 6.56. The van der Waals surface area contributed by atoms with Crippen LogP contribution in [0.2, 0.25) is 0 Å². The van der Waals surface area contributed by atoms with E-state index in [0.717, 1.165) is 0 Å². The summed E-state index contributed by atoms with van der Waals surface area (Å²) in [6.07, 6.45) is 4.12. The average Bonchev–Trinajstić information content (AvgIpc) is 2.42. The van der Waals surface area contributed by atoms with Crippen LogP contribution in [0.4, 0.5) is 0 Å². The monoisotopic (exact) mass is 238 g/mol. The molecule has 0 heterocycles. The Labute approximate surface area is 111 Å². The van der Waals surface area contributed by atoms with E-state index < -0.39 is 0 Å². The summed E-state index contributed by atoms with van der Waals surface area (Å²) in [7, 11) is 0. The predicted molar refractivity (Wildman–Crippen MR) is 81.7 cm³/mol. The van der Waals surface area contributed by atoms with Gasteiger partial charge in [0, 0.05) is 0 Å². The third kappa shape index (κ3) is 5.49. The summed E-state index contributed by atoms with van der Waals surface area (Å²) >= 11 is 0. The minimum Gasteiger partial charge on any atom is -0.0871 e. The minimum atomic E-state index is 0.659. The zero-order chi connectivity index (χ0) is 13.2. The Morgan fingerprint density at radius 2 is 1.28 bits per heavy atom. The molecule has 0 N–H and O–H groups in total. The van der Waals surface area contributed by atoms with E-state index in [2.05, 4.69) is 56.3 Å². The highest BCUT2D eigenvalue weighted by atomic mass is 14.0. The molecule has 0 aliphatic rings. The maximum atomic E-state index is 2.20. The lowest BCUT2D eigenvalue weighted by molar-refractivity contribution is 0.867. The number of hydrogen-bond acceptors (Lipinski definition) is 0. The molecule has 0 radical (unpaired) electrons. The Bertz CT molecular complexity index is 438. The lowest BCUT2D eigenvalue weighted by Crippen LogP contribution is -1.83. The first kappa shape index (κ1) is 14.2. The van der Waals surface area contributed by atoms with Crippen molar-refractivity contribution < 1.29 is 0 Å². The smallest absolute Gasteiger partial charge is 0.0219 e. The molecule has 0 aromatic heterocycles. The molecule has 2 aromatic rings. The quantitative estimate of drug-likeness (QED) is 0.645. The van der Waals surface area contributed by atoms with Gasteiger partial charge < -0.3 is 0 Å². The van der Waals surface area contributed by atoms with Gasteiger partial charge in [0.05, 0.1) is 0 Å². The van der Waals surface area contributed by atoms with Crippen LogP contribution >= 0.6 is 0 Å². The van der Waals surface area contributed by atoms with Crippen molar-refractivity contribution in [2.24, 2.45) is 0 Å². The van der Waals surface area contributed by atoms with E-state index in [1.165, 1.54) is 11.1 Å². The fourth-order valence-corrected chi connectivity index (χ4v) is 1.59. The highest BCUT2D eigenvalue weighted by Crippen LogP contribution is 2.11. The van der Waals surface area contributed by atoms with E-state index in [0.29, 0.717) is 5.92 Å². The van der Waals surface area contributed by atoms with Crippen molar-refractivity contribution in [3.8, 4) is 0 Å². The Balaban J connectivity index is 0.000000180. The largest absolute Gasteiger partial charge is 0.0871 e. The van der Waals surface area contributed by atoms with E-state index in [1.54, 1.807) is 0 Å². The van der Waals surface area contributed by atoms with Crippen molar-refractivity contribution in [3.63, 3.8) is 0 Å². The second kappa shape index (κ2) is 8.30. The summed E-state index contributed by atoms with van der Waals surface area (Å²) in [6, 6.07) is 20.8. The van der Waals surface area contributed by atoms with Gasteiger partial charge in [-0.15, -0.1) is 0 Å². The average molecular weight is 238 g/mol. The zero-order valence-corrected chi connectivity index (χ0v) is 11.5. The molecule has 0 unspecified atom stereocenters. The van der Waals surface area contributed by atoms with Gasteiger partial charge in [-0.2, -0.15) is 0 Å². The SMILES string of the molecule is C/C=C/c1ccccc1.CC(C)c1ccccc1. The first-order chi connectivity index (χ1) is 8.74. The minimum absolute atomic E-state index is 0.659. The van der Waals surface area contributed by atoms with Crippen molar-refractivity contribution in [1.29, 1.82) is 0 Å². The van der Waals surface area contributed by atoms with E-state index in [1.807, 2.05) is 37.3 Å². The highest BCUT2D eigenvalue weighted by Gasteiger charge is 1.93. The molecule has 0 aliphatic carbocycles. The molecule has 94 valence electrons. The summed E-state index contributed by atoms with van der Waals surface area (Å²) in [4.78, 5) is 0. The normalized spacial score (nSPS) is 10.2. The number of benzene rings is 2. The van der Waals surface area contributed by atoms with Crippen LogP contribution in [-0.4, -0.2) is 0 Å². The standard InChI is InChI=1S/C9H12.C9H10/c1-8(2)9-6-4-3-5-7-9;1-2-6-9-7-4-3-5-8-9/h3-8H,1-2H3;2-8H,1H3/b;6-2+. The van der Waals surface area contributed by atoms with Crippen molar-refractivity contribution in [3.05, 3.63) is 77.9 Å². The van der Waals surface area contributed by atoms with Crippen LogP contribution < -0.4 is 0 Å². The summed E-state index contributed by atoms with van der Waals surface area (Å²) in [6.45, 7) is 6.43. The Morgan fingerprint density at radius 3 is 1.67 bits per heavy atom. The molecule has 0 bridgehead atoms. The molecule has 0 spiro atoms. The first-order valence-corrected chi connectivity index (χ1v) is 6.46. The summed E-state index contributed by atoms with van der Waals surface area (Å²) in [5.74, 6) is 0.659. The molecule has 0 nitrogen and oxygen atoms in total. The topological polar surface area (TPSA) is 0 Å². The molecule has 0 amide bonds. The van der Waals surface area contributed by atoms with Crippen molar-refractivity contribution in [2.75, 3.05) is 0 Å². The van der Waals surface area contributed by atoms with Crippen LogP contribution in [0.5, 0.6) is 0 Å². The number of rotatable bonds is 2. The molecule has 0 atom stereocenters. The van der Waals surface area contributed by atoms with Gasteiger partial charge in [0.25, 0.3) is 0 Å². The van der Waals surface area contributed by atoms with Gasteiger partial charge in [0.15, 0.2) is 0 Å². The van der Waals surface area contributed by atoms with Gasteiger partial charge in [0.1, 0.15) is 0 Å². The van der Waals surface area contributed by atoms with E-state index in [-0.39, 0.29) is 0 Å². The van der Waals surface area contributed by atoms with Gasteiger partial charge in [0.2, 0.25) is 0 Å². The summed E-state index contributed by atoms with van der Waals surface area (Å²) in [5, 5.41) is 0. The van der Waals surface area contributed by atoms with E-state index >= 15 is 0 Å². The number of allylic oxidation sites excluding steroid dienone is 1. The van der Waals surface area contributed by atoms with Crippen molar-refractivity contribution >= 4 is 6.08 Å². The van der Waals surface area contributed by atoms with Gasteiger partial charge in [-0.1, -0.05) is 86.7 Å². The predicted octanol–water partition coefficient (Wildman–Crippen LogP) is 5.53. The van der Waals surface area contributed by atoms with Gasteiger partial charge >= 0.3 is 0 Å². The molecule has 0 saturated heterocycles. The Morgan fingerprint density at radius 1 is 0.778 bits per heavy atom. The lowest BCUT2D eigenvalue weighted by atomic mass is 10.0. The fourth-order valence-electron chi connectivity index (χ4n) is 1.59. The fraction of sp³-hybridized carbons (Fsp3) is 0.222.